The monoisotopic (exact) mass is 313 g/mol. The number of aromatic carboxylic acids is 1. The molecule has 0 aliphatic carbocycles. The number of sulfonamides is 1. The van der Waals surface area contributed by atoms with Crippen LogP contribution in [0, 0.1) is 13.8 Å². The van der Waals surface area contributed by atoms with Crippen LogP contribution in [-0.4, -0.2) is 50.1 Å². The van der Waals surface area contributed by atoms with Crippen LogP contribution in [0.15, 0.2) is 17.0 Å². The normalized spacial score (nSPS) is 17.4. The molecule has 21 heavy (non-hydrogen) atoms. The van der Waals surface area contributed by atoms with Gasteiger partial charge in [0.25, 0.3) is 0 Å². The lowest BCUT2D eigenvalue weighted by atomic mass is 10.1. The molecule has 0 saturated carbocycles. The number of rotatable bonds is 3. The Labute approximate surface area is 124 Å². The van der Waals surface area contributed by atoms with Gasteiger partial charge in [-0.25, -0.2) is 13.2 Å². The lowest BCUT2D eigenvalue weighted by Crippen LogP contribution is -2.33. The van der Waals surface area contributed by atoms with E-state index in [9.17, 15) is 18.3 Å². The lowest BCUT2D eigenvalue weighted by Gasteiger charge is -2.21. The summed E-state index contributed by atoms with van der Waals surface area (Å²) in [6.45, 7) is 4.91. The van der Waals surface area contributed by atoms with Crippen molar-refractivity contribution in [3.05, 3.63) is 28.8 Å². The van der Waals surface area contributed by atoms with Gasteiger partial charge in [-0.1, -0.05) is 6.07 Å². The molecule has 0 atom stereocenters. The van der Waals surface area contributed by atoms with Crippen LogP contribution in [0.4, 0.5) is 0 Å². The molecule has 0 aromatic heterocycles. The van der Waals surface area contributed by atoms with Gasteiger partial charge in [-0.15, -0.1) is 0 Å². The number of aryl methyl sites for hydroxylation is 2. The van der Waals surface area contributed by atoms with Gasteiger partial charge in [-0.05, 0) is 37.5 Å². The molecule has 0 unspecified atom stereocenters. The Balaban J connectivity index is 2.48. The Kier molecular flexibility index (Phi) is 4.65. The van der Waals surface area contributed by atoms with Crippen molar-refractivity contribution < 1.29 is 23.1 Å². The smallest absolute Gasteiger partial charge is 0.335 e. The Hall–Kier alpha value is -1.44. The minimum atomic E-state index is -3.70. The van der Waals surface area contributed by atoms with Crippen molar-refractivity contribution in [2.75, 3.05) is 26.3 Å². The van der Waals surface area contributed by atoms with Crippen LogP contribution in [0.2, 0.25) is 0 Å². The van der Waals surface area contributed by atoms with Gasteiger partial charge in [0.15, 0.2) is 0 Å². The zero-order valence-electron chi connectivity index (χ0n) is 12.1. The number of carbonyl (C=O) groups is 1. The molecule has 0 spiro atoms. The molecule has 1 aliphatic rings. The van der Waals surface area contributed by atoms with E-state index >= 15 is 0 Å². The quantitative estimate of drug-likeness (QED) is 0.912. The van der Waals surface area contributed by atoms with Crippen LogP contribution in [-0.2, 0) is 14.8 Å². The van der Waals surface area contributed by atoms with Crippen LogP contribution in [0.25, 0.3) is 0 Å². The van der Waals surface area contributed by atoms with E-state index in [1.165, 1.54) is 10.4 Å². The summed E-state index contributed by atoms with van der Waals surface area (Å²) in [5, 5.41) is 9.17. The average molecular weight is 313 g/mol. The van der Waals surface area contributed by atoms with Gasteiger partial charge < -0.3 is 9.84 Å². The minimum Gasteiger partial charge on any atom is -0.478 e. The summed E-state index contributed by atoms with van der Waals surface area (Å²) in [7, 11) is -3.70. The molecule has 1 aromatic carbocycles. The van der Waals surface area contributed by atoms with Crippen molar-refractivity contribution in [3.8, 4) is 0 Å². The third-order valence-electron chi connectivity index (χ3n) is 3.55. The Morgan fingerprint density at radius 3 is 2.57 bits per heavy atom. The molecule has 7 heteroatoms. The topological polar surface area (TPSA) is 83.9 Å². The summed E-state index contributed by atoms with van der Waals surface area (Å²) in [5.41, 5.74) is 1.13. The Morgan fingerprint density at radius 1 is 1.19 bits per heavy atom. The summed E-state index contributed by atoms with van der Waals surface area (Å²) in [6.07, 6.45) is 0.635. The van der Waals surface area contributed by atoms with Crippen LogP contribution < -0.4 is 0 Å². The van der Waals surface area contributed by atoms with E-state index in [0.29, 0.717) is 37.3 Å². The van der Waals surface area contributed by atoms with Crippen molar-refractivity contribution >= 4 is 16.0 Å². The third-order valence-corrected chi connectivity index (χ3v) is 5.59. The molecule has 0 radical (unpaired) electrons. The molecule has 0 bridgehead atoms. The molecule has 1 heterocycles. The van der Waals surface area contributed by atoms with Crippen molar-refractivity contribution in [1.29, 1.82) is 0 Å². The molecule has 2 rings (SSSR count). The molecule has 6 nitrogen and oxygen atoms in total. The van der Waals surface area contributed by atoms with Gasteiger partial charge in [0.05, 0.1) is 17.1 Å². The highest BCUT2D eigenvalue weighted by molar-refractivity contribution is 7.89. The predicted molar refractivity (Wildman–Crippen MR) is 77.1 cm³/mol. The van der Waals surface area contributed by atoms with Gasteiger partial charge in [0.2, 0.25) is 10.0 Å². The van der Waals surface area contributed by atoms with Crippen LogP contribution in [0.3, 0.4) is 0 Å². The average Bonchev–Trinajstić information content (AvgIpc) is 2.67. The number of ether oxygens (including phenoxy) is 1. The maximum absolute atomic E-state index is 12.7. The van der Waals surface area contributed by atoms with E-state index in [1.54, 1.807) is 19.9 Å². The van der Waals surface area contributed by atoms with E-state index in [0.717, 1.165) is 0 Å². The summed E-state index contributed by atoms with van der Waals surface area (Å²) >= 11 is 0. The molecule has 0 amide bonds. The highest BCUT2D eigenvalue weighted by Gasteiger charge is 2.28. The standard InChI is InChI=1S/C14H19NO5S/c1-10-8-11(2)13(9-12(10)14(16)17)21(18,19)15-4-3-6-20-7-5-15/h8-9H,3-7H2,1-2H3,(H,16,17). The first-order valence-electron chi connectivity index (χ1n) is 6.76. The first-order chi connectivity index (χ1) is 9.84. The van der Waals surface area contributed by atoms with Gasteiger partial charge >= 0.3 is 5.97 Å². The molecular weight excluding hydrogens is 294 g/mol. The number of benzene rings is 1. The second-order valence-electron chi connectivity index (χ2n) is 5.11. The maximum atomic E-state index is 12.7. The summed E-state index contributed by atoms with van der Waals surface area (Å²) in [5.74, 6) is -1.12. The summed E-state index contributed by atoms with van der Waals surface area (Å²) in [6, 6.07) is 2.86. The minimum absolute atomic E-state index is 0.0187. The number of carboxylic acid groups (broad SMARTS) is 1. The number of hydrogen-bond acceptors (Lipinski definition) is 4. The Bertz CT molecular complexity index is 646. The zero-order valence-corrected chi connectivity index (χ0v) is 12.9. The van der Waals surface area contributed by atoms with Crippen molar-refractivity contribution in [2.24, 2.45) is 0 Å². The largest absolute Gasteiger partial charge is 0.478 e. The van der Waals surface area contributed by atoms with Gasteiger partial charge in [-0.3, -0.25) is 0 Å². The van der Waals surface area contributed by atoms with Crippen molar-refractivity contribution in [2.45, 2.75) is 25.2 Å². The van der Waals surface area contributed by atoms with Crippen molar-refractivity contribution in [3.63, 3.8) is 0 Å². The van der Waals surface area contributed by atoms with E-state index in [2.05, 4.69) is 0 Å². The second kappa shape index (κ2) is 6.13. The summed E-state index contributed by atoms with van der Waals surface area (Å²) < 4.78 is 32.1. The van der Waals surface area contributed by atoms with E-state index < -0.39 is 16.0 Å². The van der Waals surface area contributed by atoms with Crippen LogP contribution >= 0.6 is 0 Å². The molecule has 1 aromatic rings. The molecule has 1 fully saturated rings. The first-order valence-corrected chi connectivity index (χ1v) is 8.20. The molecular formula is C14H19NO5S. The van der Waals surface area contributed by atoms with Gasteiger partial charge in [0.1, 0.15) is 0 Å². The van der Waals surface area contributed by atoms with Gasteiger partial charge in [-0.2, -0.15) is 4.31 Å². The third kappa shape index (κ3) is 3.25. The van der Waals surface area contributed by atoms with Crippen LogP contribution in [0.5, 0.6) is 0 Å². The van der Waals surface area contributed by atoms with E-state index in [-0.39, 0.29) is 17.0 Å². The fraction of sp³-hybridized carbons (Fsp3) is 0.500. The Morgan fingerprint density at radius 2 is 1.90 bits per heavy atom. The summed E-state index contributed by atoms with van der Waals surface area (Å²) in [4.78, 5) is 11.3. The van der Waals surface area contributed by atoms with Gasteiger partial charge in [0, 0.05) is 19.7 Å². The second-order valence-corrected chi connectivity index (χ2v) is 7.01. The maximum Gasteiger partial charge on any atom is 0.335 e. The highest BCUT2D eigenvalue weighted by Crippen LogP contribution is 2.24. The zero-order chi connectivity index (χ0) is 15.6. The molecule has 116 valence electrons. The molecule has 1 saturated heterocycles. The van der Waals surface area contributed by atoms with Crippen LogP contribution in [0.1, 0.15) is 27.9 Å². The predicted octanol–water partition coefficient (Wildman–Crippen LogP) is 1.41. The van der Waals surface area contributed by atoms with E-state index in [4.69, 9.17) is 4.74 Å². The molecule has 1 aliphatic heterocycles. The SMILES string of the molecule is Cc1cc(C)c(S(=O)(=O)N2CCCOCC2)cc1C(=O)O. The number of carboxylic acids is 1. The highest BCUT2D eigenvalue weighted by atomic mass is 32.2. The fourth-order valence-electron chi connectivity index (χ4n) is 2.44. The first kappa shape index (κ1) is 15.9. The lowest BCUT2D eigenvalue weighted by molar-refractivity contribution is 0.0696. The van der Waals surface area contributed by atoms with Crippen molar-refractivity contribution in [1.82, 2.24) is 4.31 Å². The number of hydrogen-bond donors (Lipinski definition) is 1. The number of nitrogens with zero attached hydrogens (tertiary/aromatic N) is 1. The van der Waals surface area contributed by atoms with E-state index in [1.807, 2.05) is 0 Å². The molecule has 1 N–H and O–H groups in total. The fourth-order valence-corrected chi connectivity index (χ4v) is 4.14.